The molecule has 1 aromatic heterocycles. The van der Waals surface area contributed by atoms with Crippen molar-refractivity contribution >= 4 is 41.3 Å². The maximum atomic E-state index is 11.3. The van der Waals surface area contributed by atoms with Crippen LogP contribution in [0.4, 0.5) is 0 Å². The minimum absolute atomic E-state index is 0. The maximum Gasteiger partial charge on any atom is 0.237 e. The average Bonchev–Trinajstić information content (AvgIpc) is 2.51. The van der Waals surface area contributed by atoms with Crippen LogP contribution in [-0.2, 0) is 4.79 Å². The molecule has 1 aromatic rings. The molecule has 3 N–H and O–H groups in total. The fourth-order valence-corrected chi connectivity index (χ4v) is 2.04. The van der Waals surface area contributed by atoms with E-state index in [9.17, 15) is 4.79 Å². The number of halogens is 2. The minimum atomic E-state index is -0.479. The Morgan fingerprint density at radius 1 is 1.53 bits per heavy atom. The number of hydrogen-bond acceptors (Lipinski definition) is 3. The second-order valence-electron chi connectivity index (χ2n) is 3.16. The predicted octanol–water partition coefficient (Wildman–Crippen LogP) is 2.35. The molecule has 1 rings (SSSR count). The van der Waals surface area contributed by atoms with Crippen molar-refractivity contribution < 1.29 is 4.79 Å². The SMILES string of the molecule is C[C@@H](N)C(=O)N[C@H](C)c1ccc(Cl)s1.Cl. The van der Waals surface area contributed by atoms with Gasteiger partial charge in [0.1, 0.15) is 0 Å². The molecule has 0 fully saturated rings. The second kappa shape index (κ2) is 6.33. The Labute approximate surface area is 104 Å². The number of rotatable bonds is 3. The molecule has 86 valence electrons. The van der Waals surface area contributed by atoms with Gasteiger partial charge in [-0.15, -0.1) is 23.7 Å². The van der Waals surface area contributed by atoms with E-state index in [0.29, 0.717) is 0 Å². The molecule has 0 aromatic carbocycles. The Hall–Kier alpha value is -0.290. The smallest absolute Gasteiger partial charge is 0.237 e. The van der Waals surface area contributed by atoms with Crippen LogP contribution < -0.4 is 11.1 Å². The molecule has 1 amide bonds. The zero-order valence-electron chi connectivity index (χ0n) is 8.49. The highest BCUT2D eigenvalue weighted by atomic mass is 35.5. The molecule has 15 heavy (non-hydrogen) atoms. The van der Waals surface area contributed by atoms with Gasteiger partial charge in [0.15, 0.2) is 0 Å². The van der Waals surface area contributed by atoms with Crippen molar-refractivity contribution in [1.82, 2.24) is 5.32 Å². The molecule has 0 radical (unpaired) electrons. The maximum absolute atomic E-state index is 11.3. The van der Waals surface area contributed by atoms with Crippen LogP contribution in [0.5, 0.6) is 0 Å². The molecular formula is C9H14Cl2N2OS. The van der Waals surface area contributed by atoms with E-state index in [1.807, 2.05) is 19.1 Å². The Morgan fingerprint density at radius 2 is 2.13 bits per heavy atom. The molecule has 2 atom stereocenters. The summed E-state index contributed by atoms with van der Waals surface area (Å²) >= 11 is 7.24. The number of carbonyl (C=O) groups is 1. The van der Waals surface area contributed by atoms with Gasteiger partial charge in [-0.1, -0.05) is 11.6 Å². The van der Waals surface area contributed by atoms with Crippen LogP contribution in [0.1, 0.15) is 24.8 Å². The fraction of sp³-hybridized carbons (Fsp3) is 0.444. The number of nitrogens with one attached hydrogen (secondary N) is 1. The first-order chi connectivity index (χ1) is 6.50. The number of amides is 1. The number of thiophene rings is 1. The molecule has 6 heteroatoms. The first kappa shape index (κ1) is 14.7. The Bertz CT molecular complexity index is 328. The Balaban J connectivity index is 0.00000196. The van der Waals surface area contributed by atoms with Crippen molar-refractivity contribution in [2.45, 2.75) is 25.9 Å². The molecular weight excluding hydrogens is 255 g/mol. The normalized spacial score (nSPS) is 13.9. The molecule has 0 saturated carbocycles. The molecule has 0 aliphatic rings. The van der Waals surface area contributed by atoms with Crippen LogP contribution in [0, 0.1) is 0 Å². The lowest BCUT2D eigenvalue weighted by atomic mass is 10.2. The van der Waals surface area contributed by atoms with Gasteiger partial charge in [0.25, 0.3) is 0 Å². The van der Waals surface area contributed by atoms with Crippen LogP contribution >= 0.6 is 35.3 Å². The first-order valence-electron chi connectivity index (χ1n) is 4.32. The van der Waals surface area contributed by atoms with E-state index in [1.54, 1.807) is 6.92 Å². The van der Waals surface area contributed by atoms with Crippen LogP contribution in [-0.4, -0.2) is 11.9 Å². The van der Waals surface area contributed by atoms with Crippen molar-refractivity contribution in [1.29, 1.82) is 0 Å². The summed E-state index contributed by atoms with van der Waals surface area (Å²) in [5, 5.41) is 2.80. The van der Waals surface area contributed by atoms with E-state index >= 15 is 0 Å². The highest BCUT2D eigenvalue weighted by Crippen LogP contribution is 2.26. The zero-order valence-corrected chi connectivity index (χ0v) is 10.9. The summed E-state index contributed by atoms with van der Waals surface area (Å²) in [7, 11) is 0. The third-order valence-corrected chi connectivity index (χ3v) is 3.21. The van der Waals surface area contributed by atoms with Gasteiger partial charge in [0, 0.05) is 4.88 Å². The van der Waals surface area contributed by atoms with E-state index in [1.165, 1.54) is 11.3 Å². The van der Waals surface area contributed by atoms with Gasteiger partial charge < -0.3 is 11.1 Å². The Morgan fingerprint density at radius 3 is 2.53 bits per heavy atom. The average molecular weight is 269 g/mol. The van der Waals surface area contributed by atoms with E-state index in [4.69, 9.17) is 17.3 Å². The first-order valence-corrected chi connectivity index (χ1v) is 5.51. The summed E-state index contributed by atoms with van der Waals surface area (Å²) in [5.74, 6) is -0.151. The summed E-state index contributed by atoms with van der Waals surface area (Å²) < 4.78 is 0.724. The molecule has 0 aliphatic carbocycles. The second-order valence-corrected chi connectivity index (χ2v) is 4.91. The molecule has 0 spiro atoms. The van der Waals surface area contributed by atoms with Gasteiger partial charge in [0.05, 0.1) is 16.4 Å². The van der Waals surface area contributed by atoms with Crippen molar-refractivity contribution in [3.63, 3.8) is 0 Å². The summed E-state index contributed by atoms with van der Waals surface area (Å²) in [5.41, 5.74) is 5.43. The number of nitrogens with two attached hydrogens (primary N) is 1. The van der Waals surface area contributed by atoms with Crippen molar-refractivity contribution in [3.05, 3.63) is 21.3 Å². The number of hydrogen-bond donors (Lipinski definition) is 2. The lowest BCUT2D eigenvalue weighted by molar-refractivity contribution is -0.122. The van der Waals surface area contributed by atoms with E-state index in [2.05, 4.69) is 5.32 Å². The molecule has 0 saturated heterocycles. The van der Waals surface area contributed by atoms with Crippen LogP contribution in [0.2, 0.25) is 4.34 Å². The minimum Gasteiger partial charge on any atom is -0.347 e. The van der Waals surface area contributed by atoms with Crippen LogP contribution in [0.3, 0.4) is 0 Å². The van der Waals surface area contributed by atoms with E-state index in [0.717, 1.165) is 9.21 Å². The van der Waals surface area contributed by atoms with Gasteiger partial charge in [-0.2, -0.15) is 0 Å². The van der Waals surface area contributed by atoms with Crippen molar-refractivity contribution in [3.8, 4) is 0 Å². The summed E-state index contributed by atoms with van der Waals surface area (Å²) in [6.45, 7) is 3.56. The molecule has 0 aliphatic heterocycles. The van der Waals surface area contributed by atoms with Crippen molar-refractivity contribution in [2.24, 2.45) is 5.73 Å². The molecule has 3 nitrogen and oxygen atoms in total. The largest absolute Gasteiger partial charge is 0.347 e. The highest BCUT2D eigenvalue weighted by Gasteiger charge is 2.13. The lowest BCUT2D eigenvalue weighted by Crippen LogP contribution is -2.39. The number of carbonyl (C=O) groups excluding carboxylic acids is 1. The van der Waals surface area contributed by atoms with Crippen LogP contribution in [0.15, 0.2) is 12.1 Å². The third kappa shape index (κ3) is 4.38. The van der Waals surface area contributed by atoms with Gasteiger partial charge in [-0.25, -0.2) is 0 Å². The van der Waals surface area contributed by atoms with Crippen LogP contribution in [0.25, 0.3) is 0 Å². The van der Waals surface area contributed by atoms with E-state index in [-0.39, 0.29) is 24.4 Å². The summed E-state index contributed by atoms with van der Waals surface area (Å²) in [6, 6.07) is 3.20. The topological polar surface area (TPSA) is 55.1 Å². The summed E-state index contributed by atoms with van der Waals surface area (Å²) in [4.78, 5) is 12.3. The lowest BCUT2D eigenvalue weighted by Gasteiger charge is -2.13. The van der Waals surface area contributed by atoms with Gasteiger partial charge >= 0.3 is 0 Å². The van der Waals surface area contributed by atoms with Gasteiger partial charge in [0.2, 0.25) is 5.91 Å². The zero-order chi connectivity index (χ0) is 10.7. The fourth-order valence-electron chi connectivity index (χ4n) is 0.977. The third-order valence-electron chi connectivity index (χ3n) is 1.79. The molecule has 1 heterocycles. The van der Waals surface area contributed by atoms with E-state index < -0.39 is 6.04 Å². The predicted molar refractivity (Wildman–Crippen MR) is 66.8 cm³/mol. The molecule has 0 unspecified atom stereocenters. The Kier molecular flexibility index (Phi) is 6.20. The standard InChI is InChI=1S/C9H13ClN2OS.ClH/c1-5(11)9(13)12-6(2)7-3-4-8(10)14-7;/h3-6H,11H2,1-2H3,(H,12,13);1H/t5-,6-;/m1./s1. The molecule has 0 bridgehead atoms. The van der Waals surface area contributed by atoms with Gasteiger partial charge in [-0.05, 0) is 26.0 Å². The monoisotopic (exact) mass is 268 g/mol. The summed E-state index contributed by atoms with van der Waals surface area (Å²) in [6.07, 6.45) is 0. The van der Waals surface area contributed by atoms with Gasteiger partial charge in [-0.3, -0.25) is 4.79 Å². The highest BCUT2D eigenvalue weighted by molar-refractivity contribution is 7.16. The quantitative estimate of drug-likeness (QED) is 0.885. The van der Waals surface area contributed by atoms with Crippen molar-refractivity contribution in [2.75, 3.05) is 0 Å².